The van der Waals surface area contributed by atoms with Crippen LogP contribution in [-0.4, -0.2) is 19.4 Å². The molecule has 0 heterocycles. The summed E-state index contributed by atoms with van der Waals surface area (Å²) in [5.41, 5.74) is 0. The monoisotopic (exact) mass is 346 g/mol. The molecule has 0 aliphatic carbocycles. The molecule has 0 aromatic heterocycles. The molecular formula is C14H30CrO6. The van der Waals surface area contributed by atoms with Gasteiger partial charge in [0.1, 0.15) is 0 Å². The second-order valence-corrected chi connectivity index (χ2v) is 6.53. The number of carboxylic acid groups (broad SMARTS) is 1. The molecule has 0 fully saturated rings. The standard InChI is InChI=1S/C14H28O2.Cr.2H2O.2O/c1-2-3-4-5-6-7-8-9-10-11-12-13-14(15)16;;;;;/h2-13H2,1H3,(H,15,16);;2*1H2;;/q;+2;;;;/p-2. The predicted molar refractivity (Wildman–Crippen MR) is 74.5 cm³/mol. The van der Waals surface area contributed by atoms with Crippen molar-refractivity contribution in [2.75, 3.05) is 0 Å². The zero-order valence-corrected chi connectivity index (χ0v) is 14.2. The molecule has 0 atom stereocenters. The molecular weight excluding hydrogens is 316 g/mol. The summed E-state index contributed by atoms with van der Waals surface area (Å²) in [4.78, 5) is 10.3. The van der Waals surface area contributed by atoms with Crippen molar-refractivity contribution < 1.29 is 39.4 Å². The first-order valence-corrected chi connectivity index (χ1v) is 9.87. The first-order valence-electron chi connectivity index (χ1n) is 7.69. The van der Waals surface area contributed by atoms with Gasteiger partial charge in [-0.25, -0.2) is 0 Å². The first kappa shape index (κ1) is 22.8. The van der Waals surface area contributed by atoms with Crippen LogP contribution in [0, 0.1) is 0 Å². The minimum absolute atomic E-state index is 0.344. The van der Waals surface area contributed by atoms with Gasteiger partial charge in [-0.3, -0.25) is 4.79 Å². The molecule has 6 nitrogen and oxygen atoms in total. The Labute approximate surface area is 130 Å². The number of unbranched alkanes of at least 4 members (excludes halogenated alkanes) is 10. The fourth-order valence-electron chi connectivity index (χ4n) is 1.94. The van der Waals surface area contributed by atoms with E-state index in [2.05, 4.69) is 6.92 Å². The van der Waals surface area contributed by atoms with Gasteiger partial charge in [-0.05, 0) is 6.42 Å². The molecule has 0 unspecified atom stereocenters. The van der Waals surface area contributed by atoms with Gasteiger partial charge in [-0.1, -0.05) is 71.1 Å². The molecule has 0 spiro atoms. The average Bonchev–Trinajstić information content (AvgIpc) is 2.33. The van der Waals surface area contributed by atoms with Crippen LogP contribution in [0.15, 0.2) is 0 Å². The van der Waals surface area contributed by atoms with Gasteiger partial charge in [0.05, 0.1) is 0 Å². The Kier molecular flexibility index (Phi) is 17.3. The second kappa shape index (κ2) is 15.9. The Morgan fingerprint density at radius 3 is 1.33 bits per heavy atom. The third kappa shape index (κ3) is 38.2. The Morgan fingerprint density at radius 1 is 0.762 bits per heavy atom. The van der Waals surface area contributed by atoms with Gasteiger partial charge in [0, 0.05) is 6.42 Å². The zero-order chi connectivity index (χ0) is 16.6. The fraction of sp³-hybridized carbons (Fsp3) is 0.929. The third-order valence-corrected chi connectivity index (χ3v) is 2.99. The molecule has 0 amide bonds. The summed E-state index contributed by atoms with van der Waals surface area (Å²) in [5, 5.41) is 8.46. The van der Waals surface area contributed by atoms with E-state index in [0.717, 1.165) is 12.8 Å². The molecule has 0 aromatic rings. The number of aliphatic carboxylic acids is 1. The predicted octanol–water partition coefficient (Wildman–Crippen LogP) is 3.42. The molecule has 0 radical (unpaired) electrons. The van der Waals surface area contributed by atoms with Crippen molar-refractivity contribution in [2.24, 2.45) is 0 Å². The van der Waals surface area contributed by atoms with Gasteiger partial charge in [-0.15, -0.1) is 0 Å². The summed E-state index contributed by atoms with van der Waals surface area (Å²) >= 11 is -5.25. The van der Waals surface area contributed by atoms with Crippen LogP contribution in [-0.2, 0) is 26.0 Å². The summed E-state index contributed by atoms with van der Waals surface area (Å²) in [5.74, 6) is -0.657. The van der Waals surface area contributed by atoms with E-state index in [1.54, 1.807) is 0 Å². The molecule has 0 aromatic carbocycles. The summed E-state index contributed by atoms with van der Waals surface area (Å²) in [7, 11) is 0. The van der Waals surface area contributed by atoms with Crippen LogP contribution in [0.3, 0.4) is 0 Å². The van der Waals surface area contributed by atoms with Crippen molar-refractivity contribution in [3.63, 3.8) is 0 Å². The molecule has 3 N–H and O–H groups in total. The van der Waals surface area contributed by atoms with Crippen LogP contribution >= 0.6 is 0 Å². The Morgan fingerprint density at radius 2 is 1.05 bits per heavy atom. The number of hydrogen-bond acceptors (Lipinski definition) is 3. The number of rotatable bonds is 12. The van der Waals surface area contributed by atoms with Crippen LogP contribution in [0.4, 0.5) is 0 Å². The third-order valence-electron chi connectivity index (χ3n) is 2.99. The van der Waals surface area contributed by atoms with E-state index in [-0.39, 0.29) is 0 Å². The van der Waals surface area contributed by atoms with Crippen molar-refractivity contribution in [2.45, 2.75) is 84.0 Å². The average molecular weight is 346 g/mol. The van der Waals surface area contributed by atoms with Gasteiger partial charge < -0.3 is 5.11 Å². The number of carboxylic acids is 1. The quantitative estimate of drug-likeness (QED) is 0.467. The second-order valence-electron chi connectivity index (χ2n) is 5.13. The molecule has 128 valence electrons. The van der Waals surface area contributed by atoms with Crippen molar-refractivity contribution in [1.82, 2.24) is 0 Å². The maximum atomic E-state index is 10.3. The summed E-state index contributed by atoms with van der Waals surface area (Å²) in [6.45, 7) is 2.25. The summed E-state index contributed by atoms with van der Waals surface area (Å²) < 4.78 is 31.9. The Hall–Kier alpha value is -0.478. The van der Waals surface area contributed by atoms with Gasteiger partial charge in [0.2, 0.25) is 0 Å². The summed E-state index contributed by atoms with van der Waals surface area (Å²) in [6, 6.07) is 0. The minimum atomic E-state index is -5.25. The van der Waals surface area contributed by atoms with Gasteiger partial charge >= 0.3 is 35.5 Å². The van der Waals surface area contributed by atoms with Gasteiger partial charge in [-0.2, -0.15) is 0 Å². The van der Waals surface area contributed by atoms with Gasteiger partial charge in [0.25, 0.3) is 0 Å². The molecule has 0 rings (SSSR count). The van der Waals surface area contributed by atoms with E-state index >= 15 is 0 Å². The van der Waals surface area contributed by atoms with Crippen molar-refractivity contribution in [3.05, 3.63) is 0 Å². The van der Waals surface area contributed by atoms with Crippen LogP contribution in [0.2, 0.25) is 0 Å². The van der Waals surface area contributed by atoms with E-state index in [4.69, 9.17) is 21.0 Å². The van der Waals surface area contributed by atoms with Gasteiger partial charge in [0.15, 0.2) is 0 Å². The van der Waals surface area contributed by atoms with Crippen LogP contribution in [0.1, 0.15) is 84.0 Å². The molecule has 21 heavy (non-hydrogen) atoms. The van der Waals surface area contributed by atoms with Crippen LogP contribution in [0.25, 0.3) is 0 Å². The van der Waals surface area contributed by atoms with E-state index in [9.17, 15) is 4.79 Å². The molecule has 7 heteroatoms. The van der Waals surface area contributed by atoms with E-state index in [0.29, 0.717) is 6.42 Å². The van der Waals surface area contributed by atoms with Crippen molar-refractivity contribution in [1.29, 1.82) is 0 Å². The van der Waals surface area contributed by atoms with Crippen molar-refractivity contribution >= 4 is 5.97 Å². The Bertz CT molecular complexity index is 318. The molecule has 0 aliphatic heterocycles. The number of carbonyl (C=O) groups is 1. The molecule has 0 aliphatic rings. The van der Waals surface area contributed by atoms with Crippen LogP contribution in [0.5, 0.6) is 0 Å². The zero-order valence-electron chi connectivity index (χ0n) is 13.0. The normalized spacial score (nSPS) is 10.8. The topological polar surface area (TPSA) is 112 Å². The summed E-state index contributed by atoms with van der Waals surface area (Å²) in [6.07, 6.45) is 14.4. The van der Waals surface area contributed by atoms with E-state index in [1.807, 2.05) is 0 Å². The SMILES string of the molecule is CCCCCCCCCCCCCC(=O)O.[O]=[Cr](=[O])([OH])[OH]. The molecule has 0 bridgehead atoms. The van der Waals surface area contributed by atoms with Crippen molar-refractivity contribution in [3.8, 4) is 0 Å². The molecule has 0 saturated carbocycles. The van der Waals surface area contributed by atoms with E-state index < -0.39 is 19.6 Å². The molecule has 0 saturated heterocycles. The first-order chi connectivity index (χ1) is 9.77. The van der Waals surface area contributed by atoms with Crippen LogP contribution < -0.4 is 0 Å². The number of hydrogen-bond donors (Lipinski definition) is 3. The fourth-order valence-corrected chi connectivity index (χ4v) is 1.94. The maximum absolute atomic E-state index is 10.3. The Balaban J connectivity index is 0. The van der Waals surface area contributed by atoms with E-state index in [1.165, 1.54) is 57.8 Å².